The highest BCUT2D eigenvalue weighted by molar-refractivity contribution is 7.10. The zero-order valence-corrected chi connectivity index (χ0v) is 10.8. The van der Waals surface area contributed by atoms with Gasteiger partial charge in [0.1, 0.15) is 5.69 Å². The molecule has 92 valence electrons. The zero-order chi connectivity index (χ0) is 11.8. The zero-order valence-electron chi connectivity index (χ0n) is 9.98. The molecule has 1 amide bonds. The van der Waals surface area contributed by atoms with Gasteiger partial charge < -0.3 is 10.2 Å². The summed E-state index contributed by atoms with van der Waals surface area (Å²) < 4.78 is 0. The fraction of sp³-hybridized carbons (Fsp3) is 0.667. The fourth-order valence-corrected chi connectivity index (χ4v) is 3.15. The number of carbonyl (C=O) groups is 1. The van der Waals surface area contributed by atoms with Crippen LogP contribution in [-0.4, -0.2) is 41.5 Å². The lowest BCUT2D eigenvalue weighted by Gasteiger charge is -2.31. The molecule has 1 saturated carbocycles. The molecule has 2 fully saturated rings. The maximum absolute atomic E-state index is 12.2. The first-order valence-electron chi connectivity index (χ1n) is 6.22. The third-order valence-corrected chi connectivity index (χ3v) is 4.33. The van der Waals surface area contributed by atoms with Crippen LogP contribution in [0.4, 0.5) is 0 Å². The van der Waals surface area contributed by atoms with Gasteiger partial charge in [-0.3, -0.25) is 4.79 Å². The first kappa shape index (κ1) is 11.2. The smallest absolute Gasteiger partial charge is 0.273 e. The Morgan fingerprint density at radius 3 is 3.12 bits per heavy atom. The molecule has 1 aliphatic heterocycles. The van der Waals surface area contributed by atoms with Crippen molar-refractivity contribution in [3.63, 3.8) is 0 Å². The van der Waals surface area contributed by atoms with E-state index in [1.54, 1.807) is 11.3 Å². The summed E-state index contributed by atoms with van der Waals surface area (Å²) in [6.07, 6.45) is 2.48. The Balaban J connectivity index is 1.71. The van der Waals surface area contributed by atoms with Gasteiger partial charge in [0.2, 0.25) is 0 Å². The molecule has 0 spiro atoms. The Labute approximate surface area is 105 Å². The molecule has 0 aromatic carbocycles. The van der Waals surface area contributed by atoms with Gasteiger partial charge in [0, 0.05) is 37.0 Å². The largest absolute Gasteiger partial charge is 0.334 e. The lowest BCUT2D eigenvalue weighted by molar-refractivity contribution is 0.0704. The molecular weight excluding hydrogens is 234 g/mol. The number of nitrogens with zero attached hydrogens (tertiary/aromatic N) is 2. The number of rotatable bonds is 2. The summed E-state index contributed by atoms with van der Waals surface area (Å²) in [5.41, 5.74) is 0.644. The van der Waals surface area contributed by atoms with Crippen LogP contribution in [0.25, 0.3) is 0 Å². The Hall–Kier alpha value is -0.940. The summed E-state index contributed by atoms with van der Waals surface area (Å²) in [6, 6.07) is 0.384. The van der Waals surface area contributed by atoms with E-state index in [-0.39, 0.29) is 5.91 Å². The molecule has 1 saturated heterocycles. The van der Waals surface area contributed by atoms with E-state index in [1.165, 1.54) is 12.8 Å². The molecule has 1 atom stereocenters. The number of carbonyl (C=O) groups excluding carboxylic acids is 1. The van der Waals surface area contributed by atoms with E-state index in [2.05, 4.69) is 17.2 Å². The lowest BCUT2D eigenvalue weighted by atomic mass is 10.2. The van der Waals surface area contributed by atoms with Crippen LogP contribution in [0.3, 0.4) is 0 Å². The van der Waals surface area contributed by atoms with Gasteiger partial charge in [0.15, 0.2) is 0 Å². The topological polar surface area (TPSA) is 45.2 Å². The summed E-state index contributed by atoms with van der Waals surface area (Å²) in [4.78, 5) is 18.6. The summed E-state index contributed by atoms with van der Waals surface area (Å²) in [7, 11) is 0. The van der Waals surface area contributed by atoms with E-state index in [9.17, 15) is 4.79 Å². The van der Waals surface area contributed by atoms with Crippen molar-refractivity contribution < 1.29 is 4.79 Å². The third-order valence-electron chi connectivity index (χ3n) is 3.32. The highest BCUT2D eigenvalue weighted by atomic mass is 32.1. The van der Waals surface area contributed by atoms with Crippen molar-refractivity contribution in [1.29, 1.82) is 0 Å². The second-order valence-corrected chi connectivity index (χ2v) is 5.84. The van der Waals surface area contributed by atoms with Crippen molar-refractivity contribution in [2.45, 2.75) is 31.7 Å². The molecule has 2 aliphatic rings. The number of thiazole rings is 1. The summed E-state index contributed by atoms with van der Waals surface area (Å²) >= 11 is 1.64. The Bertz CT molecular complexity index is 427. The molecule has 1 aromatic rings. The number of piperazine rings is 1. The van der Waals surface area contributed by atoms with E-state index in [1.807, 2.05) is 10.3 Å². The number of hydrogen-bond donors (Lipinski definition) is 1. The van der Waals surface area contributed by atoms with Crippen LogP contribution in [0.2, 0.25) is 0 Å². The standard InChI is InChI=1S/C12H17N3OS/c1-8-6-15(5-4-13-8)12(16)10-7-17-11(14-10)9-2-3-9/h7-9,13H,2-6H2,1H3/t8-/m1/s1. The summed E-state index contributed by atoms with van der Waals surface area (Å²) in [6.45, 7) is 4.57. The first-order valence-corrected chi connectivity index (χ1v) is 7.10. The van der Waals surface area contributed by atoms with Gasteiger partial charge in [-0.25, -0.2) is 4.98 Å². The van der Waals surface area contributed by atoms with E-state index < -0.39 is 0 Å². The maximum Gasteiger partial charge on any atom is 0.273 e. The predicted octanol–water partition coefficient (Wildman–Crippen LogP) is 1.45. The molecular formula is C12H17N3OS. The minimum atomic E-state index is 0.0986. The van der Waals surface area contributed by atoms with Crippen molar-refractivity contribution in [3.8, 4) is 0 Å². The molecule has 17 heavy (non-hydrogen) atoms. The van der Waals surface area contributed by atoms with Gasteiger partial charge in [0.25, 0.3) is 5.91 Å². The molecule has 1 aliphatic carbocycles. The van der Waals surface area contributed by atoms with Crippen LogP contribution in [0.15, 0.2) is 5.38 Å². The SMILES string of the molecule is C[C@@H]1CN(C(=O)c2csc(C3CC3)n2)CCN1. The van der Waals surface area contributed by atoms with Crippen molar-refractivity contribution in [1.82, 2.24) is 15.2 Å². The number of nitrogens with one attached hydrogen (secondary N) is 1. The van der Waals surface area contributed by atoms with Gasteiger partial charge in [-0.1, -0.05) is 0 Å². The van der Waals surface area contributed by atoms with Crippen molar-refractivity contribution in [2.75, 3.05) is 19.6 Å². The van der Waals surface area contributed by atoms with Crippen LogP contribution in [-0.2, 0) is 0 Å². The number of amides is 1. The first-order chi connectivity index (χ1) is 8.24. The van der Waals surface area contributed by atoms with E-state index in [0.717, 1.165) is 24.6 Å². The highest BCUT2D eigenvalue weighted by Gasteiger charge is 2.29. The Kier molecular flexibility index (Phi) is 2.88. The molecule has 2 heterocycles. The third kappa shape index (κ3) is 2.35. The van der Waals surface area contributed by atoms with Crippen LogP contribution >= 0.6 is 11.3 Å². The molecule has 0 bridgehead atoms. The summed E-state index contributed by atoms with van der Waals surface area (Å²) in [5.74, 6) is 0.741. The second-order valence-electron chi connectivity index (χ2n) is 4.95. The van der Waals surface area contributed by atoms with Crippen LogP contribution < -0.4 is 5.32 Å². The summed E-state index contributed by atoms with van der Waals surface area (Å²) in [5, 5.41) is 6.41. The normalized spacial score (nSPS) is 25.0. The van der Waals surface area contributed by atoms with Crippen molar-refractivity contribution in [3.05, 3.63) is 16.1 Å². The number of aromatic nitrogens is 1. The Morgan fingerprint density at radius 2 is 2.41 bits per heavy atom. The van der Waals surface area contributed by atoms with E-state index in [0.29, 0.717) is 17.7 Å². The van der Waals surface area contributed by atoms with Gasteiger partial charge in [-0.15, -0.1) is 11.3 Å². The van der Waals surface area contributed by atoms with Crippen molar-refractivity contribution >= 4 is 17.2 Å². The number of hydrogen-bond acceptors (Lipinski definition) is 4. The molecule has 5 heteroatoms. The monoisotopic (exact) mass is 251 g/mol. The highest BCUT2D eigenvalue weighted by Crippen LogP contribution is 2.41. The molecule has 0 radical (unpaired) electrons. The van der Waals surface area contributed by atoms with Crippen LogP contribution in [0, 0.1) is 0 Å². The van der Waals surface area contributed by atoms with Gasteiger partial charge >= 0.3 is 0 Å². The second kappa shape index (κ2) is 4.38. The predicted molar refractivity (Wildman–Crippen MR) is 67.5 cm³/mol. The fourth-order valence-electron chi connectivity index (χ4n) is 2.18. The van der Waals surface area contributed by atoms with E-state index >= 15 is 0 Å². The lowest BCUT2D eigenvalue weighted by Crippen LogP contribution is -2.51. The maximum atomic E-state index is 12.2. The average Bonchev–Trinajstić information content (AvgIpc) is 3.07. The Morgan fingerprint density at radius 1 is 1.59 bits per heavy atom. The van der Waals surface area contributed by atoms with Crippen molar-refractivity contribution in [2.24, 2.45) is 0 Å². The van der Waals surface area contributed by atoms with Gasteiger partial charge in [-0.05, 0) is 19.8 Å². The van der Waals surface area contributed by atoms with Gasteiger partial charge in [-0.2, -0.15) is 0 Å². The minimum Gasteiger partial charge on any atom is -0.334 e. The molecule has 0 unspecified atom stereocenters. The van der Waals surface area contributed by atoms with Crippen LogP contribution in [0.5, 0.6) is 0 Å². The molecule has 4 nitrogen and oxygen atoms in total. The van der Waals surface area contributed by atoms with E-state index in [4.69, 9.17) is 0 Å². The minimum absolute atomic E-state index is 0.0986. The average molecular weight is 251 g/mol. The van der Waals surface area contributed by atoms with Crippen LogP contribution in [0.1, 0.15) is 41.2 Å². The molecule has 3 rings (SSSR count). The van der Waals surface area contributed by atoms with Gasteiger partial charge in [0.05, 0.1) is 5.01 Å². The molecule has 1 N–H and O–H groups in total. The molecule has 1 aromatic heterocycles. The quantitative estimate of drug-likeness (QED) is 0.865.